The van der Waals surface area contributed by atoms with Crippen molar-refractivity contribution in [3.63, 3.8) is 0 Å². The highest BCUT2D eigenvalue weighted by Crippen LogP contribution is 2.58. The van der Waals surface area contributed by atoms with E-state index in [1.54, 1.807) is 7.11 Å². The van der Waals surface area contributed by atoms with Gasteiger partial charge in [0, 0.05) is 37.0 Å². The average molecular weight is 712 g/mol. The van der Waals surface area contributed by atoms with Crippen LogP contribution >= 0.6 is 0 Å². The van der Waals surface area contributed by atoms with E-state index in [1.165, 1.54) is 11.1 Å². The van der Waals surface area contributed by atoms with Crippen molar-refractivity contribution in [3.05, 3.63) is 60.0 Å². The third kappa shape index (κ3) is 7.89. The van der Waals surface area contributed by atoms with Gasteiger partial charge in [0.2, 0.25) is 5.91 Å². The Morgan fingerprint density at radius 3 is 2.33 bits per heavy atom. The van der Waals surface area contributed by atoms with Gasteiger partial charge in [-0.2, -0.15) is 5.10 Å². The van der Waals surface area contributed by atoms with E-state index in [9.17, 15) is 9.59 Å². The number of pyridine rings is 1. The van der Waals surface area contributed by atoms with E-state index in [1.807, 2.05) is 23.4 Å². The van der Waals surface area contributed by atoms with Crippen LogP contribution in [0.4, 0.5) is 10.6 Å². The number of aryl methyl sites for hydroxylation is 1. The van der Waals surface area contributed by atoms with Crippen LogP contribution in [-0.4, -0.2) is 53.1 Å². The zero-order chi connectivity index (χ0) is 36.9. The number of ether oxygens (including phenoxy) is 2. The van der Waals surface area contributed by atoms with E-state index in [2.05, 4.69) is 75.1 Å². The molecule has 3 aromatic rings. The van der Waals surface area contributed by atoms with Gasteiger partial charge >= 0.3 is 6.09 Å². The molecule has 4 aliphatic carbocycles. The molecular formula is C43H61N5O4. The van der Waals surface area contributed by atoms with Crippen LogP contribution in [0.5, 0.6) is 5.75 Å². The van der Waals surface area contributed by atoms with Crippen LogP contribution in [0.25, 0.3) is 11.1 Å². The Labute approximate surface area is 311 Å². The minimum atomic E-state index is -0.345. The highest BCUT2D eigenvalue weighted by molar-refractivity contribution is 5.95. The molecule has 9 heteroatoms. The number of nitrogens with one attached hydrogen (secondary N) is 1. The Morgan fingerprint density at radius 2 is 1.69 bits per heavy atom. The molecule has 282 valence electrons. The zero-order valence-electron chi connectivity index (χ0n) is 32.5. The number of hydrogen-bond donors (Lipinski definition) is 1. The van der Waals surface area contributed by atoms with Crippen LogP contribution in [0.3, 0.4) is 0 Å². The van der Waals surface area contributed by atoms with Crippen molar-refractivity contribution < 1.29 is 19.1 Å². The van der Waals surface area contributed by atoms with Gasteiger partial charge in [-0.05, 0) is 143 Å². The van der Waals surface area contributed by atoms with E-state index in [0.717, 1.165) is 86.9 Å². The van der Waals surface area contributed by atoms with Crippen molar-refractivity contribution in [2.75, 3.05) is 25.1 Å². The fourth-order valence-electron chi connectivity index (χ4n) is 9.04. The van der Waals surface area contributed by atoms with Crippen molar-refractivity contribution >= 4 is 17.8 Å². The summed E-state index contributed by atoms with van der Waals surface area (Å²) in [6.45, 7) is 12.2. The number of alkyl carbamates (subject to hydrolysis) is 1. The Balaban J connectivity index is 1.22. The lowest BCUT2D eigenvalue weighted by atomic mass is 9.51. The molecule has 2 bridgehead atoms. The van der Waals surface area contributed by atoms with Crippen LogP contribution in [0, 0.1) is 18.3 Å². The summed E-state index contributed by atoms with van der Waals surface area (Å²) in [4.78, 5) is 34.0. The van der Waals surface area contributed by atoms with Gasteiger partial charge in [-0.25, -0.2) is 9.78 Å². The molecule has 2 amide bonds. The monoisotopic (exact) mass is 711 g/mol. The minimum absolute atomic E-state index is 0.0459. The predicted octanol–water partition coefficient (Wildman–Crippen LogP) is 9.51. The molecule has 4 saturated carbocycles. The molecule has 2 aromatic heterocycles. The molecule has 1 N–H and O–H groups in total. The first-order valence-corrected chi connectivity index (χ1v) is 20.0. The standard InChI is InChI=1S/C43H61N5O4/c1-7-10-24-45-40(50)52-36-14-11-32(12-15-36)39(49)47(38-27-33(17-25-44-38)34-28-46-48(29-34)41(5,8-2)9-3)30-42-18-21-43(22-19-42,23-20-42)35-13-16-37(51-6)31(4)26-35/h13,16-17,25-29,32,36H,7-12,14-15,18-24,30H2,1-6H3,(H,45,50). The summed E-state index contributed by atoms with van der Waals surface area (Å²) >= 11 is 0. The Bertz CT molecular complexity index is 1660. The van der Waals surface area contributed by atoms with Gasteiger partial charge in [-0.15, -0.1) is 0 Å². The van der Waals surface area contributed by atoms with Gasteiger partial charge in [0.1, 0.15) is 17.7 Å². The highest BCUT2D eigenvalue weighted by atomic mass is 16.6. The molecule has 4 fully saturated rings. The highest BCUT2D eigenvalue weighted by Gasteiger charge is 2.51. The molecule has 1 aromatic carbocycles. The number of anilines is 1. The molecular weight excluding hydrogens is 651 g/mol. The van der Waals surface area contributed by atoms with Crippen LogP contribution in [0.2, 0.25) is 0 Å². The zero-order valence-corrected chi connectivity index (χ0v) is 32.5. The molecule has 0 spiro atoms. The van der Waals surface area contributed by atoms with Crippen molar-refractivity contribution in [3.8, 4) is 16.9 Å². The summed E-state index contributed by atoms with van der Waals surface area (Å²) in [7, 11) is 1.74. The maximum atomic E-state index is 14.7. The summed E-state index contributed by atoms with van der Waals surface area (Å²) in [6.07, 6.45) is 18.8. The quantitative estimate of drug-likeness (QED) is 0.167. The van der Waals surface area contributed by atoms with E-state index in [-0.39, 0.29) is 40.4 Å². The maximum Gasteiger partial charge on any atom is 0.407 e. The summed E-state index contributed by atoms with van der Waals surface area (Å²) in [6, 6.07) is 10.9. The number of aromatic nitrogens is 3. The Kier molecular flexibility index (Phi) is 11.7. The van der Waals surface area contributed by atoms with E-state index < -0.39 is 0 Å². The Hall–Kier alpha value is -3.88. The van der Waals surface area contributed by atoms with Gasteiger partial charge in [0.25, 0.3) is 0 Å². The van der Waals surface area contributed by atoms with Gasteiger partial charge in [0.05, 0.1) is 18.8 Å². The van der Waals surface area contributed by atoms with Crippen LogP contribution in [-0.2, 0) is 20.5 Å². The summed E-state index contributed by atoms with van der Waals surface area (Å²) in [5.74, 6) is 1.69. The molecule has 0 radical (unpaired) electrons. The second kappa shape index (κ2) is 16.0. The largest absolute Gasteiger partial charge is 0.496 e. The van der Waals surface area contributed by atoms with Crippen molar-refractivity contribution in [2.45, 2.75) is 142 Å². The van der Waals surface area contributed by atoms with Crippen LogP contribution < -0.4 is 15.0 Å². The van der Waals surface area contributed by atoms with E-state index in [0.29, 0.717) is 38.8 Å². The van der Waals surface area contributed by atoms with Gasteiger partial charge in [0.15, 0.2) is 0 Å². The molecule has 0 aliphatic heterocycles. The molecule has 7 rings (SSSR count). The van der Waals surface area contributed by atoms with Crippen molar-refractivity contribution in [1.29, 1.82) is 0 Å². The average Bonchev–Trinajstić information content (AvgIpc) is 3.69. The topological polar surface area (TPSA) is 98.6 Å². The maximum absolute atomic E-state index is 14.7. The number of nitrogens with zero attached hydrogens (tertiary/aromatic N) is 4. The molecule has 0 atom stereocenters. The number of carbonyl (C=O) groups is 2. The SMILES string of the molecule is CCCCNC(=O)OC1CCC(C(=O)N(CC23CCC(c4ccc(OC)c(C)c4)(CC2)CC3)c2cc(-c3cnn(C(C)(CC)CC)c3)ccn2)CC1. The number of rotatable bonds is 14. The second-order valence-corrected chi connectivity index (χ2v) is 16.3. The third-order valence-corrected chi connectivity index (χ3v) is 13.3. The lowest BCUT2D eigenvalue weighted by Crippen LogP contribution is -2.52. The predicted molar refractivity (Wildman–Crippen MR) is 207 cm³/mol. The second-order valence-electron chi connectivity index (χ2n) is 16.3. The normalized spacial score (nSPS) is 24.3. The minimum Gasteiger partial charge on any atom is -0.496 e. The number of hydrogen-bond acceptors (Lipinski definition) is 6. The van der Waals surface area contributed by atoms with Crippen LogP contribution in [0.1, 0.15) is 129 Å². The summed E-state index contributed by atoms with van der Waals surface area (Å²) in [5, 5.41) is 7.64. The number of methoxy groups -OCH3 is 1. The van der Waals surface area contributed by atoms with Crippen LogP contribution in [0.15, 0.2) is 48.9 Å². The number of fused-ring (bicyclic) bond motifs is 3. The number of amides is 2. The molecule has 0 unspecified atom stereocenters. The van der Waals surface area contributed by atoms with E-state index in [4.69, 9.17) is 19.6 Å². The lowest BCUT2D eigenvalue weighted by molar-refractivity contribution is -0.124. The fourth-order valence-corrected chi connectivity index (χ4v) is 9.04. The van der Waals surface area contributed by atoms with Gasteiger partial charge in [-0.1, -0.05) is 39.3 Å². The number of carbonyl (C=O) groups excluding carboxylic acids is 2. The van der Waals surface area contributed by atoms with Crippen molar-refractivity contribution in [2.24, 2.45) is 11.3 Å². The first-order chi connectivity index (χ1) is 25.1. The summed E-state index contributed by atoms with van der Waals surface area (Å²) < 4.78 is 13.4. The molecule has 9 nitrogen and oxygen atoms in total. The number of benzene rings is 1. The fraction of sp³-hybridized carbons (Fsp3) is 0.628. The van der Waals surface area contributed by atoms with Gasteiger partial charge in [-0.3, -0.25) is 14.4 Å². The van der Waals surface area contributed by atoms with Gasteiger partial charge < -0.3 is 14.8 Å². The molecule has 2 heterocycles. The Morgan fingerprint density at radius 1 is 0.981 bits per heavy atom. The van der Waals surface area contributed by atoms with Crippen molar-refractivity contribution in [1.82, 2.24) is 20.1 Å². The first kappa shape index (κ1) is 37.9. The lowest BCUT2D eigenvalue weighted by Gasteiger charge is -2.55. The third-order valence-electron chi connectivity index (χ3n) is 13.3. The molecule has 4 aliphatic rings. The molecule has 52 heavy (non-hydrogen) atoms. The summed E-state index contributed by atoms with van der Waals surface area (Å²) in [5.41, 5.74) is 4.88. The first-order valence-electron chi connectivity index (χ1n) is 20.0. The number of unbranched alkanes of at least 4 members (excludes halogenated alkanes) is 1. The smallest absolute Gasteiger partial charge is 0.407 e. The van der Waals surface area contributed by atoms with E-state index >= 15 is 0 Å². The molecule has 0 saturated heterocycles.